The normalized spacial score (nSPS) is 20.1. The van der Waals surface area contributed by atoms with Gasteiger partial charge < -0.3 is 4.90 Å². The predicted molar refractivity (Wildman–Crippen MR) is 73.1 cm³/mol. The summed E-state index contributed by atoms with van der Waals surface area (Å²) < 4.78 is 0. The molecule has 1 atom stereocenters. The van der Waals surface area contributed by atoms with Crippen LogP contribution in [-0.4, -0.2) is 17.1 Å². The van der Waals surface area contributed by atoms with E-state index in [0.29, 0.717) is 5.11 Å². The van der Waals surface area contributed by atoms with Crippen LogP contribution in [0.2, 0.25) is 0 Å². The molecule has 1 unspecified atom stereocenters. The molecule has 17 heavy (non-hydrogen) atoms. The molecule has 0 saturated carbocycles. The molecule has 0 amide bonds. The first-order valence-electron chi connectivity index (χ1n) is 5.67. The molecule has 1 aliphatic heterocycles. The number of benzene rings is 1. The van der Waals surface area contributed by atoms with E-state index < -0.39 is 0 Å². The van der Waals surface area contributed by atoms with Crippen LogP contribution in [0.4, 0.5) is 0 Å². The van der Waals surface area contributed by atoms with E-state index in [9.17, 15) is 0 Å². The van der Waals surface area contributed by atoms with Crippen LogP contribution in [0.3, 0.4) is 0 Å². The lowest BCUT2D eigenvalue weighted by atomic mass is 9.86. The van der Waals surface area contributed by atoms with Crippen molar-refractivity contribution in [1.82, 2.24) is 4.90 Å². The van der Waals surface area contributed by atoms with E-state index in [1.807, 2.05) is 11.9 Å². The maximum atomic E-state index is 5.07. The second kappa shape index (κ2) is 4.18. The highest BCUT2D eigenvalue weighted by atomic mass is 32.1. The number of azo groups is 1. The second-order valence-electron chi connectivity index (χ2n) is 5.35. The van der Waals surface area contributed by atoms with Gasteiger partial charge in [0, 0.05) is 7.05 Å². The van der Waals surface area contributed by atoms with Gasteiger partial charge in [-0.1, -0.05) is 45.0 Å². The Hall–Kier alpha value is -1.29. The first-order chi connectivity index (χ1) is 7.89. The smallest absolute Gasteiger partial charge is 0.217 e. The van der Waals surface area contributed by atoms with Crippen LogP contribution in [0.25, 0.3) is 0 Å². The highest BCUT2D eigenvalue weighted by Crippen LogP contribution is 2.29. The molecule has 3 nitrogen and oxygen atoms in total. The Morgan fingerprint density at radius 2 is 1.76 bits per heavy atom. The van der Waals surface area contributed by atoms with Crippen molar-refractivity contribution in [2.75, 3.05) is 7.05 Å². The number of thiocarbonyl (C=S) groups is 1. The molecule has 2 rings (SSSR count). The first-order valence-corrected chi connectivity index (χ1v) is 6.08. The Balaban J connectivity index is 2.25. The molecule has 0 spiro atoms. The maximum absolute atomic E-state index is 5.07. The van der Waals surface area contributed by atoms with Crippen LogP contribution in [0.1, 0.15) is 38.1 Å². The molecular weight excluding hydrogens is 230 g/mol. The van der Waals surface area contributed by atoms with Crippen molar-refractivity contribution in [3.05, 3.63) is 35.4 Å². The highest BCUT2D eigenvalue weighted by Gasteiger charge is 2.24. The van der Waals surface area contributed by atoms with Gasteiger partial charge in [-0.25, -0.2) is 0 Å². The SMILES string of the molecule is CN1C(=S)N=NC1c1ccc(C(C)(C)C)cc1. The third-order valence-corrected chi connectivity index (χ3v) is 3.37. The van der Waals surface area contributed by atoms with E-state index in [0.717, 1.165) is 5.56 Å². The van der Waals surface area contributed by atoms with Crippen molar-refractivity contribution in [1.29, 1.82) is 0 Å². The molecule has 4 heteroatoms. The van der Waals surface area contributed by atoms with Crippen molar-refractivity contribution in [2.24, 2.45) is 10.2 Å². The minimum absolute atomic E-state index is 0.0588. The van der Waals surface area contributed by atoms with Crippen LogP contribution in [0.5, 0.6) is 0 Å². The Bertz CT molecular complexity index is 457. The van der Waals surface area contributed by atoms with Crippen molar-refractivity contribution < 1.29 is 0 Å². The Labute approximate surface area is 108 Å². The van der Waals surface area contributed by atoms with Crippen LogP contribution < -0.4 is 0 Å². The minimum atomic E-state index is -0.0588. The van der Waals surface area contributed by atoms with Crippen molar-refractivity contribution in [2.45, 2.75) is 32.4 Å². The molecule has 1 aromatic rings. The zero-order valence-corrected chi connectivity index (χ0v) is 11.5. The molecule has 0 radical (unpaired) electrons. The quantitative estimate of drug-likeness (QED) is 0.708. The third-order valence-electron chi connectivity index (χ3n) is 3.00. The van der Waals surface area contributed by atoms with E-state index in [4.69, 9.17) is 12.2 Å². The second-order valence-corrected chi connectivity index (χ2v) is 5.72. The molecular formula is C13H17N3S. The summed E-state index contributed by atoms with van der Waals surface area (Å²) in [5.41, 5.74) is 2.63. The van der Waals surface area contributed by atoms with Crippen LogP contribution in [0, 0.1) is 0 Å². The predicted octanol–water partition coefficient (Wildman–Crippen LogP) is 3.67. The summed E-state index contributed by atoms with van der Waals surface area (Å²) in [6.07, 6.45) is -0.0588. The Kier molecular flexibility index (Phi) is 3.00. The summed E-state index contributed by atoms with van der Waals surface area (Å²) in [6.45, 7) is 6.62. The van der Waals surface area contributed by atoms with Gasteiger partial charge >= 0.3 is 0 Å². The van der Waals surface area contributed by atoms with E-state index in [1.54, 1.807) is 0 Å². The summed E-state index contributed by atoms with van der Waals surface area (Å²) in [6, 6.07) is 8.52. The van der Waals surface area contributed by atoms with Crippen LogP contribution in [-0.2, 0) is 5.41 Å². The zero-order chi connectivity index (χ0) is 12.6. The summed E-state index contributed by atoms with van der Waals surface area (Å²) in [5, 5.41) is 8.65. The summed E-state index contributed by atoms with van der Waals surface area (Å²) in [7, 11) is 1.92. The third kappa shape index (κ3) is 2.36. The fourth-order valence-corrected chi connectivity index (χ4v) is 1.95. The van der Waals surface area contributed by atoms with Gasteiger partial charge in [-0.2, -0.15) is 5.11 Å². The number of rotatable bonds is 1. The van der Waals surface area contributed by atoms with E-state index in [-0.39, 0.29) is 11.6 Å². The lowest BCUT2D eigenvalue weighted by Gasteiger charge is -2.21. The number of nitrogens with zero attached hydrogens (tertiary/aromatic N) is 3. The summed E-state index contributed by atoms with van der Waals surface area (Å²) in [5.74, 6) is 0. The fourth-order valence-electron chi connectivity index (χ4n) is 1.80. The maximum Gasteiger partial charge on any atom is 0.217 e. The van der Waals surface area contributed by atoms with Crippen molar-refractivity contribution >= 4 is 17.3 Å². The lowest BCUT2D eigenvalue weighted by Crippen LogP contribution is -2.22. The monoisotopic (exact) mass is 247 g/mol. The lowest BCUT2D eigenvalue weighted by molar-refractivity contribution is 0.413. The Morgan fingerprint density at radius 3 is 2.18 bits per heavy atom. The zero-order valence-electron chi connectivity index (χ0n) is 10.6. The van der Waals surface area contributed by atoms with Gasteiger partial charge in [0.2, 0.25) is 5.11 Å². The van der Waals surface area contributed by atoms with Gasteiger partial charge in [-0.3, -0.25) is 0 Å². The van der Waals surface area contributed by atoms with Gasteiger partial charge in [0.05, 0.1) is 0 Å². The molecule has 0 aliphatic carbocycles. The first kappa shape index (κ1) is 12.2. The molecule has 0 aromatic heterocycles. The van der Waals surface area contributed by atoms with Crippen molar-refractivity contribution in [3.8, 4) is 0 Å². The van der Waals surface area contributed by atoms with Gasteiger partial charge in [0.25, 0.3) is 0 Å². The van der Waals surface area contributed by atoms with Gasteiger partial charge in [-0.15, -0.1) is 5.11 Å². The molecule has 90 valence electrons. The minimum Gasteiger partial charge on any atom is -0.322 e. The Morgan fingerprint density at radius 1 is 1.18 bits per heavy atom. The molecule has 0 fully saturated rings. The fraction of sp³-hybridized carbons (Fsp3) is 0.462. The molecule has 0 saturated heterocycles. The molecule has 0 N–H and O–H groups in total. The summed E-state index contributed by atoms with van der Waals surface area (Å²) >= 11 is 5.07. The molecule has 1 heterocycles. The van der Waals surface area contributed by atoms with Crippen molar-refractivity contribution in [3.63, 3.8) is 0 Å². The van der Waals surface area contributed by atoms with Gasteiger partial charge in [0.15, 0.2) is 6.17 Å². The topological polar surface area (TPSA) is 28.0 Å². The molecule has 1 aliphatic rings. The number of hydrogen-bond acceptors (Lipinski definition) is 2. The van der Waals surface area contributed by atoms with Crippen LogP contribution >= 0.6 is 12.2 Å². The van der Waals surface area contributed by atoms with E-state index >= 15 is 0 Å². The molecule has 1 aromatic carbocycles. The van der Waals surface area contributed by atoms with Crippen LogP contribution in [0.15, 0.2) is 34.5 Å². The van der Waals surface area contributed by atoms with E-state index in [1.165, 1.54) is 5.56 Å². The largest absolute Gasteiger partial charge is 0.322 e. The average molecular weight is 247 g/mol. The highest BCUT2D eigenvalue weighted by molar-refractivity contribution is 7.80. The summed E-state index contributed by atoms with van der Waals surface area (Å²) in [4.78, 5) is 1.90. The van der Waals surface area contributed by atoms with Gasteiger partial charge in [0.1, 0.15) is 0 Å². The number of hydrogen-bond donors (Lipinski definition) is 0. The van der Waals surface area contributed by atoms with Gasteiger partial charge in [-0.05, 0) is 28.8 Å². The average Bonchev–Trinajstić information content (AvgIpc) is 2.59. The van der Waals surface area contributed by atoms with E-state index in [2.05, 4.69) is 55.3 Å². The standard InChI is InChI=1S/C13H17N3S/c1-13(2,3)10-7-5-9(6-8-10)11-14-15-12(17)16(11)4/h5-8,11H,1-4H3. The molecule has 0 bridgehead atoms.